The zero-order valence-corrected chi connectivity index (χ0v) is 17.6. The lowest BCUT2D eigenvalue weighted by atomic mass is 10.0. The van der Waals surface area contributed by atoms with E-state index in [1.807, 2.05) is 18.2 Å². The standard InChI is InChI=1S/C25H28N6/c1-2-10-23-21(9-1)22(18-28-23)19-7-5-8-20(17-19)29-25-27-13-11-24(30-25)26-12-6-16-31-14-3-4-15-31/h1-2,5,7-11,13,17-18,28H,3-4,6,12,14-16H2,(H2,26,27,29,30). The van der Waals surface area contributed by atoms with Crippen molar-refractivity contribution in [3.63, 3.8) is 0 Å². The number of anilines is 3. The van der Waals surface area contributed by atoms with E-state index in [9.17, 15) is 0 Å². The van der Waals surface area contributed by atoms with Gasteiger partial charge in [0.1, 0.15) is 5.82 Å². The first-order chi connectivity index (χ1) is 15.3. The van der Waals surface area contributed by atoms with Crippen molar-refractivity contribution in [3.8, 4) is 11.1 Å². The molecule has 2 aromatic carbocycles. The van der Waals surface area contributed by atoms with Crippen molar-refractivity contribution < 1.29 is 0 Å². The molecule has 31 heavy (non-hydrogen) atoms. The lowest BCUT2D eigenvalue weighted by molar-refractivity contribution is 0.337. The molecule has 158 valence electrons. The number of benzene rings is 2. The molecule has 0 saturated carbocycles. The van der Waals surface area contributed by atoms with Crippen molar-refractivity contribution in [2.75, 3.05) is 36.8 Å². The number of hydrogen-bond donors (Lipinski definition) is 3. The monoisotopic (exact) mass is 412 g/mol. The summed E-state index contributed by atoms with van der Waals surface area (Å²) in [5, 5.41) is 7.99. The van der Waals surface area contributed by atoms with Crippen LogP contribution in [0.1, 0.15) is 19.3 Å². The Labute approximate surface area is 182 Å². The van der Waals surface area contributed by atoms with Gasteiger partial charge in [0.05, 0.1) is 0 Å². The van der Waals surface area contributed by atoms with Crippen molar-refractivity contribution in [2.45, 2.75) is 19.3 Å². The topological polar surface area (TPSA) is 68.9 Å². The number of aromatic nitrogens is 3. The van der Waals surface area contributed by atoms with Crippen molar-refractivity contribution in [1.29, 1.82) is 0 Å². The van der Waals surface area contributed by atoms with Gasteiger partial charge in [-0.25, -0.2) is 4.98 Å². The summed E-state index contributed by atoms with van der Waals surface area (Å²) in [5.74, 6) is 1.45. The molecular formula is C25H28N6. The molecule has 4 aromatic rings. The van der Waals surface area contributed by atoms with Crippen LogP contribution in [0.15, 0.2) is 67.0 Å². The Balaban J connectivity index is 1.24. The molecule has 0 bridgehead atoms. The summed E-state index contributed by atoms with van der Waals surface area (Å²) >= 11 is 0. The van der Waals surface area contributed by atoms with Crippen LogP contribution in [0.2, 0.25) is 0 Å². The molecule has 0 atom stereocenters. The van der Waals surface area contributed by atoms with Gasteiger partial charge in [0.15, 0.2) is 0 Å². The quantitative estimate of drug-likeness (QED) is 0.344. The molecule has 1 aliphatic rings. The Kier molecular flexibility index (Phi) is 5.80. The molecule has 3 N–H and O–H groups in total. The second kappa shape index (κ2) is 9.18. The first kappa shape index (κ1) is 19.6. The fourth-order valence-corrected chi connectivity index (χ4v) is 4.25. The smallest absolute Gasteiger partial charge is 0.229 e. The van der Waals surface area contributed by atoms with Gasteiger partial charge in [-0.05, 0) is 68.7 Å². The van der Waals surface area contributed by atoms with E-state index in [2.05, 4.69) is 73.1 Å². The van der Waals surface area contributed by atoms with Crippen LogP contribution in [-0.4, -0.2) is 46.0 Å². The van der Waals surface area contributed by atoms with Gasteiger partial charge in [-0.1, -0.05) is 30.3 Å². The van der Waals surface area contributed by atoms with E-state index in [4.69, 9.17) is 0 Å². The molecule has 6 heteroatoms. The van der Waals surface area contributed by atoms with Crippen LogP contribution in [0.3, 0.4) is 0 Å². The number of hydrogen-bond acceptors (Lipinski definition) is 5. The maximum absolute atomic E-state index is 4.63. The number of fused-ring (bicyclic) bond motifs is 1. The van der Waals surface area contributed by atoms with Crippen molar-refractivity contribution in [3.05, 3.63) is 67.0 Å². The predicted molar refractivity (Wildman–Crippen MR) is 128 cm³/mol. The van der Waals surface area contributed by atoms with Crippen LogP contribution in [-0.2, 0) is 0 Å². The highest BCUT2D eigenvalue weighted by atomic mass is 15.2. The first-order valence-electron chi connectivity index (χ1n) is 11.1. The lowest BCUT2D eigenvalue weighted by Gasteiger charge is -2.14. The van der Waals surface area contributed by atoms with Gasteiger partial charge in [-0.15, -0.1) is 0 Å². The molecule has 5 rings (SSSR count). The van der Waals surface area contributed by atoms with Crippen molar-refractivity contribution in [2.24, 2.45) is 0 Å². The minimum absolute atomic E-state index is 0.598. The summed E-state index contributed by atoms with van der Waals surface area (Å²) in [4.78, 5) is 14.9. The van der Waals surface area contributed by atoms with Crippen LogP contribution in [0, 0.1) is 0 Å². The third-order valence-corrected chi connectivity index (χ3v) is 5.83. The maximum Gasteiger partial charge on any atom is 0.229 e. The Hall–Kier alpha value is -3.38. The molecule has 0 amide bonds. The van der Waals surface area contributed by atoms with Gasteiger partial charge in [0.25, 0.3) is 0 Å². The first-order valence-corrected chi connectivity index (χ1v) is 11.1. The highest BCUT2D eigenvalue weighted by Crippen LogP contribution is 2.30. The molecule has 6 nitrogen and oxygen atoms in total. The fraction of sp³-hybridized carbons (Fsp3) is 0.280. The zero-order valence-electron chi connectivity index (χ0n) is 17.6. The van der Waals surface area contributed by atoms with Gasteiger partial charge >= 0.3 is 0 Å². The van der Waals surface area contributed by atoms with Gasteiger partial charge in [0, 0.05) is 41.1 Å². The van der Waals surface area contributed by atoms with Crippen LogP contribution in [0.5, 0.6) is 0 Å². The highest BCUT2D eigenvalue weighted by Gasteiger charge is 2.10. The second-order valence-corrected chi connectivity index (χ2v) is 8.05. The summed E-state index contributed by atoms with van der Waals surface area (Å²) in [5.41, 5.74) is 4.45. The van der Waals surface area contributed by atoms with Crippen molar-refractivity contribution >= 4 is 28.4 Å². The second-order valence-electron chi connectivity index (χ2n) is 8.05. The Morgan fingerprint density at radius 1 is 1.00 bits per heavy atom. The third-order valence-electron chi connectivity index (χ3n) is 5.83. The average Bonchev–Trinajstić information content (AvgIpc) is 3.47. The number of nitrogens with one attached hydrogen (secondary N) is 3. The molecule has 0 aliphatic carbocycles. The van der Waals surface area contributed by atoms with Gasteiger partial charge < -0.3 is 20.5 Å². The summed E-state index contributed by atoms with van der Waals surface area (Å²) in [6, 6.07) is 18.6. The number of para-hydroxylation sites is 1. The largest absolute Gasteiger partial charge is 0.370 e. The molecule has 2 aromatic heterocycles. The Morgan fingerprint density at radius 2 is 1.90 bits per heavy atom. The van der Waals surface area contributed by atoms with E-state index in [1.54, 1.807) is 6.20 Å². The number of aromatic amines is 1. The van der Waals surface area contributed by atoms with Crippen LogP contribution in [0.25, 0.3) is 22.0 Å². The normalized spacial score (nSPS) is 14.2. The van der Waals surface area contributed by atoms with E-state index >= 15 is 0 Å². The van der Waals surface area contributed by atoms with Crippen molar-refractivity contribution in [1.82, 2.24) is 19.9 Å². The van der Waals surface area contributed by atoms with E-state index in [0.717, 1.165) is 42.1 Å². The molecule has 0 unspecified atom stereocenters. The number of rotatable bonds is 8. The molecular weight excluding hydrogens is 384 g/mol. The van der Waals surface area contributed by atoms with E-state index in [1.165, 1.54) is 36.9 Å². The van der Waals surface area contributed by atoms with Crippen LogP contribution in [0.4, 0.5) is 17.5 Å². The third kappa shape index (κ3) is 4.70. The molecule has 1 saturated heterocycles. The summed E-state index contributed by atoms with van der Waals surface area (Å²) in [6.45, 7) is 4.57. The number of H-pyrrole nitrogens is 1. The predicted octanol–water partition coefficient (Wildman–Crippen LogP) is 5.27. The van der Waals surface area contributed by atoms with E-state index in [0.29, 0.717) is 5.95 Å². The minimum Gasteiger partial charge on any atom is -0.370 e. The molecule has 1 aliphatic heterocycles. The Bertz CT molecular complexity index is 1150. The SMILES string of the molecule is c1cc(Nc2nccc(NCCCN3CCCC3)n2)cc(-c2c[nH]c3ccccc23)c1. The zero-order chi connectivity index (χ0) is 20.9. The maximum atomic E-state index is 4.63. The number of likely N-dealkylation sites (tertiary alicyclic amines) is 1. The van der Waals surface area contributed by atoms with Gasteiger partial charge in [-0.2, -0.15) is 4.98 Å². The average molecular weight is 413 g/mol. The molecule has 0 spiro atoms. The molecule has 0 radical (unpaired) electrons. The summed E-state index contributed by atoms with van der Waals surface area (Å²) in [7, 11) is 0. The van der Waals surface area contributed by atoms with E-state index in [-0.39, 0.29) is 0 Å². The highest BCUT2D eigenvalue weighted by molar-refractivity contribution is 5.96. The molecule has 1 fully saturated rings. The Morgan fingerprint density at radius 3 is 2.84 bits per heavy atom. The van der Waals surface area contributed by atoms with Gasteiger partial charge in [0.2, 0.25) is 5.95 Å². The molecule has 3 heterocycles. The fourth-order valence-electron chi connectivity index (χ4n) is 4.25. The minimum atomic E-state index is 0.598. The van der Waals surface area contributed by atoms with Crippen LogP contribution < -0.4 is 10.6 Å². The number of nitrogens with zero attached hydrogens (tertiary/aromatic N) is 3. The summed E-state index contributed by atoms with van der Waals surface area (Å²) < 4.78 is 0. The lowest BCUT2D eigenvalue weighted by Crippen LogP contribution is -2.22. The summed E-state index contributed by atoms with van der Waals surface area (Å²) in [6.07, 6.45) is 7.67. The van der Waals surface area contributed by atoms with Gasteiger partial charge in [-0.3, -0.25) is 0 Å². The van der Waals surface area contributed by atoms with E-state index < -0.39 is 0 Å². The van der Waals surface area contributed by atoms with Crippen LogP contribution >= 0.6 is 0 Å².